The molecule has 0 aliphatic rings. The fourth-order valence-corrected chi connectivity index (χ4v) is 3.61. The summed E-state index contributed by atoms with van der Waals surface area (Å²) in [5, 5.41) is 1.85. The topological polar surface area (TPSA) is 38.1 Å². The predicted molar refractivity (Wildman–Crippen MR) is 109 cm³/mol. The van der Waals surface area contributed by atoms with E-state index >= 15 is 0 Å². The summed E-state index contributed by atoms with van der Waals surface area (Å²) in [7, 11) is 5.88. The van der Waals surface area contributed by atoms with Crippen molar-refractivity contribution >= 4 is 39.2 Å². The summed E-state index contributed by atoms with van der Waals surface area (Å²) in [4.78, 5) is 19.5. The first-order valence-corrected chi connectivity index (χ1v) is 8.70. The summed E-state index contributed by atoms with van der Waals surface area (Å²) in [5.41, 5.74) is 3.57. The van der Waals surface area contributed by atoms with Crippen LogP contribution in [0.5, 0.6) is 0 Å². The van der Waals surface area contributed by atoms with Gasteiger partial charge in [-0.05, 0) is 36.4 Å². The molecule has 0 fully saturated rings. The van der Waals surface area contributed by atoms with Gasteiger partial charge in [0.25, 0.3) is 0 Å². The minimum Gasteiger partial charge on any atom is -0.363 e. The van der Waals surface area contributed by atoms with Crippen LogP contribution < -0.4 is 10.3 Å². The molecular formula is C21H18ClN3O. The summed E-state index contributed by atoms with van der Waals surface area (Å²) in [5.74, 6) is 0.874. The van der Waals surface area contributed by atoms with E-state index in [4.69, 9.17) is 11.6 Å². The van der Waals surface area contributed by atoms with Gasteiger partial charge in [0.15, 0.2) is 5.43 Å². The van der Waals surface area contributed by atoms with Crippen LogP contribution >= 0.6 is 11.6 Å². The monoisotopic (exact) mass is 363 g/mol. The Morgan fingerprint density at radius 3 is 2.50 bits per heavy atom. The van der Waals surface area contributed by atoms with Gasteiger partial charge in [-0.3, -0.25) is 4.79 Å². The minimum absolute atomic E-state index is 0.00433. The number of hydrogen-bond acceptors (Lipinski definition) is 3. The second-order valence-electron chi connectivity index (χ2n) is 6.55. The number of aromatic nitrogens is 2. The summed E-state index contributed by atoms with van der Waals surface area (Å²) in [6, 6.07) is 15.2. The number of halogens is 1. The number of para-hydroxylation sites is 1. The molecule has 0 atom stereocenters. The van der Waals surface area contributed by atoms with Crippen LogP contribution in [0.25, 0.3) is 32.9 Å². The number of anilines is 1. The molecular weight excluding hydrogens is 346 g/mol. The normalized spacial score (nSPS) is 11.2. The number of rotatable bonds is 2. The SMILES string of the molecule is CN(C)c1ccc(-c2cc(Cl)cc3c(=O)c4ccccc4n(C)c23)cn1. The fraction of sp³-hybridized carbons (Fsp3) is 0.143. The number of benzene rings is 2. The number of hydrogen-bond donors (Lipinski definition) is 0. The lowest BCUT2D eigenvalue weighted by atomic mass is 10.0. The summed E-state index contributed by atoms with van der Waals surface area (Å²) >= 11 is 6.35. The second-order valence-corrected chi connectivity index (χ2v) is 6.99. The Bertz CT molecular complexity index is 1190. The second kappa shape index (κ2) is 6.15. The van der Waals surface area contributed by atoms with E-state index in [0.29, 0.717) is 15.8 Å². The Morgan fingerprint density at radius 2 is 1.81 bits per heavy atom. The summed E-state index contributed by atoms with van der Waals surface area (Å²) < 4.78 is 2.05. The quantitative estimate of drug-likeness (QED) is 0.493. The summed E-state index contributed by atoms with van der Waals surface area (Å²) in [6.07, 6.45) is 1.82. The van der Waals surface area contributed by atoms with Gasteiger partial charge >= 0.3 is 0 Å². The van der Waals surface area contributed by atoms with Gasteiger partial charge in [-0.2, -0.15) is 0 Å². The molecule has 2 aromatic carbocycles. The number of nitrogens with zero attached hydrogens (tertiary/aromatic N) is 3. The Hall–Kier alpha value is -2.85. The van der Waals surface area contributed by atoms with Crippen molar-refractivity contribution in [2.24, 2.45) is 7.05 Å². The van der Waals surface area contributed by atoms with Gasteiger partial charge in [-0.15, -0.1) is 0 Å². The molecule has 0 amide bonds. The molecule has 0 spiro atoms. The van der Waals surface area contributed by atoms with E-state index in [1.165, 1.54) is 0 Å². The molecule has 0 N–H and O–H groups in total. The molecule has 0 saturated heterocycles. The van der Waals surface area contributed by atoms with Crippen LogP contribution in [0.2, 0.25) is 5.02 Å². The molecule has 0 unspecified atom stereocenters. The van der Waals surface area contributed by atoms with Crippen LogP contribution in [0.4, 0.5) is 5.82 Å². The van der Waals surface area contributed by atoms with E-state index in [2.05, 4.69) is 9.55 Å². The van der Waals surface area contributed by atoms with E-state index in [-0.39, 0.29) is 5.43 Å². The van der Waals surface area contributed by atoms with Gasteiger partial charge in [0.1, 0.15) is 5.82 Å². The maximum atomic E-state index is 13.0. The lowest BCUT2D eigenvalue weighted by Gasteiger charge is -2.16. The molecule has 4 aromatic rings. The number of fused-ring (bicyclic) bond motifs is 2. The van der Waals surface area contributed by atoms with E-state index < -0.39 is 0 Å². The van der Waals surface area contributed by atoms with Crippen molar-refractivity contribution in [3.8, 4) is 11.1 Å². The zero-order chi connectivity index (χ0) is 18.4. The average molecular weight is 364 g/mol. The highest BCUT2D eigenvalue weighted by molar-refractivity contribution is 6.32. The lowest BCUT2D eigenvalue weighted by Crippen LogP contribution is -2.11. The van der Waals surface area contributed by atoms with Crippen molar-refractivity contribution in [1.82, 2.24) is 9.55 Å². The van der Waals surface area contributed by atoms with Crippen LogP contribution in [0.3, 0.4) is 0 Å². The third-order valence-corrected chi connectivity index (χ3v) is 4.90. The van der Waals surface area contributed by atoms with Crippen molar-refractivity contribution in [2.45, 2.75) is 0 Å². The molecule has 5 heteroatoms. The highest BCUT2D eigenvalue weighted by Crippen LogP contribution is 2.32. The Kier molecular flexibility index (Phi) is 3.93. The molecule has 0 bridgehead atoms. The molecule has 26 heavy (non-hydrogen) atoms. The van der Waals surface area contributed by atoms with Gasteiger partial charge in [-0.25, -0.2) is 4.98 Å². The van der Waals surface area contributed by atoms with Gasteiger partial charge in [0.2, 0.25) is 0 Å². The van der Waals surface area contributed by atoms with Gasteiger partial charge in [-0.1, -0.05) is 23.7 Å². The Labute approximate surface area is 156 Å². The van der Waals surface area contributed by atoms with Crippen LogP contribution in [-0.2, 0) is 7.05 Å². The van der Waals surface area contributed by atoms with Crippen molar-refractivity contribution in [1.29, 1.82) is 0 Å². The third-order valence-electron chi connectivity index (χ3n) is 4.68. The zero-order valence-electron chi connectivity index (χ0n) is 14.8. The van der Waals surface area contributed by atoms with Crippen molar-refractivity contribution in [2.75, 3.05) is 19.0 Å². The molecule has 130 valence electrons. The van der Waals surface area contributed by atoms with Crippen LogP contribution in [0.1, 0.15) is 0 Å². The maximum Gasteiger partial charge on any atom is 0.197 e. The lowest BCUT2D eigenvalue weighted by molar-refractivity contribution is 1.00. The molecule has 0 aliphatic heterocycles. The van der Waals surface area contributed by atoms with Crippen molar-refractivity contribution in [3.63, 3.8) is 0 Å². The van der Waals surface area contributed by atoms with E-state index in [1.807, 2.05) is 74.7 Å². The average Bonchev–Trinajstić information content (AvgIpc) is 2.65. The molecule has 4 rings (SSSR count). The van der Waals surface area contributed by atoms with E-state index in [1.54, 1.807) is 6.07 Å². The maximum absolute atomic E-state index is 13.0. The first kappa shape index (κ1) is 16.6. The van der Waals surface area contributed by atoms with E-state index in [9.17, 15) is 4.79 Å². The molecule has 2 heterocycles. The molecule has 0 saturated carbocycles. The molecule has 4 nitrogen and oxygen atoms in total. The predicted octanol–water partition coefficient (Wildman–Crippen LogP) is 4.47. The Morgan fingerprint density at radius 1 is 1.04 bits per heavy atom. The van der Waals surface area contributed by atoms with Crippen LogP contribution in [0, 0.1) is 0 Å². The summed E-state index contributed by atoms with van der Waals surface area (Å²) in [6.45, 7) is 0. The third kappa shape index (κ3) is 2.54. The van der Waals surface area contributed by atoms with Crippen molar-refractivity contribution < 1.29 is 0 Å². The van der Waals surface area contributed by atoms with Crippen LogP contribution in [0.15, 0.2) is 59.5 Å². The van der Waals surface area contributed by atoms with Gasteiger partial charge in [0.05, 0.1) is 11.0 Å². The minimum atomic E-state index is -0.00433. The first-order valence-electron chi connectivity index (χ1n) is 8.32. The molecule has 2 aromatic heterocycles. The fourth-order valence-electron chi connectivity index (χ4n) is 3.39. The molecule has 0 radical (unpaired) electrons. The highest BCUT2D eigenvalue weighted by Gasteiger charge is 2.15. The highest BCUT2D eigenvalue weighted by atomic mass is 35.5. The first-order chi connectivity index (χ1) is 12.5. The smallest absolute Gasteiger partial charge is 0.197 e. The standard InChI is InChI=1S/C21H18ClN3O/c1-24(2)19-9-8-13(12-23-19)16-10-14(22)11-17-20(16)25(3)18-7-5-4-6-15(18)21(17)26/h4-12H,1-3H3. The Balaban J connectivity index is 2.11. The van der Waals surface area contributed by atoms with Crippen LogP contribution in [-0.4, -0.2) is 23.6 Å². The zero-order valence-corrected chi connectivity index (χ0v) is 15.6. The largest absolute Gasteiger partial charge is 0.363 e. The molecule has 0 aliphatic carbocycles. The number of aryl methyl sites for hydroxylation is 1. The van der Waals surface area contributed by atoms with Gasteiger partial charge in [0, 0.05) is 54.3 Å². The van der Waals surface area contributed by atoms with E-state index in [0.717, 1.165) is 28.0 Å². The van der Waals surface area contributed by atoms with Crippen molar-refractivity contribution in [3.05, 3.63) is 70.0 Å². The number of pyridine rings is 2. The van der Waals surface area contributed by atoms with Gasteiger partial charge < -0.3 is 9.47 Å².